The number of carbonyl (C=O) groups is 1. The van der Waals surface area contributed by atoms with Gasteiger partial charge in [-0.1, -0.05) is 25.5 Å². The molecule has 2 N–H and O–H groups in total. The molecule has 2 aromatic rings. The lowest BCUT2D eigenvalue weighted by atomic mass is 10.1. The van der Waals surface area contributed by atoms with Gasteiger partial charge in [-0.3, -0.25) is 9.52 Å². The highest BCUT2D eigenvalue weighted by atomic mass is 32.2. The summed E-state index contributed by atoms with van der Waals surface area (Å²) in [6.07, 6.45) is 4.00. The van der Waals surface area contributed by atoms with E-state index in [1.807, 2.05) is 12.1 Å². The molecule has 3 rings (SSSR count). The molecule has 0 aliphatic heterocycles. The van der Waals surface area contributed by atoms with E-state index in [-0.39, 0.29) is 10.8 Å². The van der Waals surface area contributed by atoms with Crippen LogP contribution in [0.3, 0.4) is 0 Å². The van der Waals surface area contributed by atoms with Crippen molar-refractivity contribution in [1.82, 2.24) is 5.32 Å². The van der Waals surface area contributed by atoms with E-state index in [9.17, 15) is 13.2 Å². The van der Waals surface area contributed by atoms with Gasteiger partial charge >= 0.3 is 0 Å². The zero-order chi connectivity index (χ0) is 17.9. The minimum Gasteiger partial charge on any atom is -0.349 e. The quantitative estimate of drug-likeness (QED) is 0.797. The normalized spacial score (nSPS) is 14.1. The number of nitrogens with one attached hydrogen (secondary N) is 2. The summed E-state index contributed by atoms with van der Waals surface area (Å²) in [4.78, 5) is 12.2. The molecule has 25 heavy (non-hydrogen) atoms. The van der Waals surface area contributed by atoms with Crippen LogP contribution in [0, 0.1) is 0 Å². The largest absolute Gasteiger partial charge is 0.349 e. The zero-order valence-corrected chi connectivity index (χ0v) is 15.0. The van der Waals surface area contributed by atoms with Crippen molar-refractivity contribution in [3.8, 4) is 0 Å². The minimum atomic E-state index is -3.64. The fourth-order valence-electron chi connectivity index (χ4n) is 2.52. The number of hydrogen-bond acceptors (Lipinski definition) is 3. The van der Waals surface area contributed by atoms with Gasteiger partial charge in [-0.25, -0.2) is 8.42 Å². The van der Waals surface area contributed by atoms with E-state index >= 15 is 0 Å². The third-order valence-corrected chi connectivity index (χ3v) is 5.48. The summed E-state index contributed by atoms with van der Waals surface area (Å²) in [5, 5.41) is 2.90. The molecule has 6 heteroatoms. The lowest BCUT2D eigenvalue weighted by Gasteiger charge is -2.10. The number of carbonyl (C=O) groups excluding carboxylic acids is 1. The molecule has 0 spiro atoms. The highest BCUT2D eigenvalue weighted by Gasteiger charge is 2.23. The Bertz CT molecular complexity index is 839. The van der Waals surface area contributed by atoms with Gasteiger partial charge in [0, 0.05) is 17.3 Å². The van der Waals surface area contributed by atoms with Crippen molar-refractivity contribution in [2.24, 2.45) is 0 Å². The fourth-order valence-corrected chi connectivity index (χ4v) is 3.58. The van der Waals surface area contributed by atoms with Gasteiger partial charge in [0.2, 0.25) is 0 Å². The van der Waals surface area contributed by atoms with Gasteiger partial charge in [-0.15, -0.1) is 0 Å². The van der Waals surface area contributed by atoms with Crippen molar-refractivity contribution in [2.75, 3.05) is 4.72 Å². The number of rotatable bonds is 7. The highest BCUT2D eigenvalue weighted by molar-refractivity contribution is 7.92. The lowest BCUT2D eigenvalue weighted by Crippen LogP contribution is -2.25. The van der Waals surface area contributed by atoms with Crippen molar-refractivity contribution in [2.45, 2.75) is 43.5 Å². The summed E-state index contributed by atoms with van der Waals surface area (Å²) >= 11 is 0. The number of anilines is 1. The maximum absolute atomic E-state index is 12.5. The second-order valence-corrected chi connectivity index (χ2v) is 8.01. The molecule has 0 saturated heterocycles. The summed E-state index contributed by atoms with van der Waals surface area (Å²) in [7, 11) is -3.64. The maximum atomic E-state index is 12.5. The molecule has 1 aliphatic rings. The Hall–Kier alpha value is -2.34. The third-order valence-electron chi connectivity index (χ3n) is 4.08. The predicted molar refractivity (Wildman–Crippen MR) is 98.2 cm³/mol. The van der Waals surface area contributed by atoms with Crippen molar-refractivity contribution >= 4 is 21.6 Å². The van der Waals surface area contributed by atoms with Crippen LogP contribution in [-0.2, 0) is 16.4 Å². The van der Waals surface area contributed by atoms with Crippen molar-refractivity contribution < 1.29 is 13.2 Å². The van der Waals surface area contributed by atoms with Crippen LogP contribution in [0.4, 0.5) is 5.69 Å². The number of amides is 1. The zero-order valence-electron chi connectivity index (χ0n) is 14.2. The van der Waals surface area contributed by atoms with Crippen LogP contribution in [0.25, 0.3) is 0 Å². The molecular weight excluding hydrogens is 336 g/mol. The number of sulfonamides is 1. The van der Waals surface area contributed by atoms with Crippen LogP contribution in [-0.4, -0.2) is 20.4 Å². The molecule has 5 nitrogen and oxygen atoms in total. The Morgan fingerprint density at radius 3 is 2.24 bits per heavy atom. The second-order valence-electron chi connectivity index (χ2n) is 6.32. The smallest absolute Gasteiger partial charge is 0.261 e. The van der Waals surface area contributed by atoms with Crippen molar-refractivity contribution in [3.05, 3.63) is 59.7 Å². The third kappa shape index (κ3) is 4.60. The van der Waals surface area contributed by atoms with Gasteiger partial charge in [0.05, 0.1) is 4.90 Å². The molecule has 1 aliphatic carbocycles. The fraction of sp³-hybridized carbons (Fsp3) is 0.316. The van der Waals surface area contributed by atoms with Gasteiger partial charge in [-0.2, -0.15) is 0 Å². The lowest BCUT2D eigenvalue weighted by molar-refractivity contribution is 0.0951. The summed E-state index contributed by atoms with van der Waals surface area (Å²) < 4.78 is 27.5. The van der Waals surface area contributed by atoms with Crippen LogP contribution >= 0.6 is 0 Å². The van der Waals surface area contributed by atoms with Crippen LogP contribution in [0.1, 0.15) is 42.1 Å². The molecule has 0 heterocycles. The van der Waals surface area contributed by atoms with Gasteiger partial charge in [-0.05, 0) is 61.2 Å². The van der Waals surface area contributed by atoms with Crippen molar-refractivity contribution in [1.29, 1.82) is 0 Å². The van der Waals surface area contributed by atoms with Gasteiger partial charge in [0.25, 0.3) is 15.9 Å². The monoisotopic (exact) mass is 358 g/mol. The topological polar surface area (TPSA) is 75.3 Å². The first-order chi connectivity index (χ1) is 12.0. The average molecular weight is 358 g/mol. The molecule has 2 aromatic carbocycles. The molecule has 1 fully saturated rings. The van der Waals surface area contributed by atoms with Gasteiger partial charge < -0.3 is 5.32 Å². The van der Waals surface area contributed by atoms with Gasteiger partial charge in [0.15, 0.2) is 0 Å². The standard InChI is InChI=1S/C19H22N2O3S/c1-2-3-14-4-12-18(13-5-14)25(23,24)21-17-8-6-15(7-9-17)19(22)20-16-10-11-16/h4-9,12-13,16,21H,2-3,10-11H2,1H3,(H,20,22). The first-order valence-electron chi connectivity index (χ1n) is 8.50. The molecule has 0 aromatic heterocycles. The van der Waals surface area contributed by atoms with Crippen LogP contribution in [0.5, 0.6) is 0 Å². The molecule has 132 valence electrons. The van der Waals surface area contributed by atoms with Gasteiger partial charge in [0.1, 0.15) is 0 Å². The number of aryl methyl sites for hydroxylation is 1. The minimum absolute atomic E-state index is 0.122. The van der Waals surface area contributed by atoms with E-state index in [1.165, 1.54) is 0 Å². The van der Waals surface area contributed by atoms with Crippen molar-refractivity contribution in [3.63, 3.8) is 0 Å². The van der Waals surface area contributed by atoms with E-state index < -0.39 is 10.0 Å². The first-order valence-corrected chi connectivity index (χ1v) is 9.99. The van der Waals surface area contributed by atoms with E-state index in [1.54, 1.807) is 36.4 Å². The molecule has 0 bridgehead atoms. The van der Waals surface area contributed by atoms with Crippen LogP contribution in [0.2, 0.25) is 0 Å². The van der Waals surface area contributed by atoms with E-state index in [4.69, 9.17) is 0 Å². The Kier molecular flexibility index (Phi) is 5.08. The molecule has 0 unspecified atom stereocenters. The Labute approximate surface area is 148 Å². The molecule has 0 radical (unpaired) electrons. The van der Waals surface area contributed by atoms with Crippen LogP contribution in [0.15, 0.2) is 53.4 Å². The Balaban J connectivity index is 1.68. The van der Waals surface area contributed by atoms with E-state index in [0.717, 1.165) is 31.2 Å². The molecule has 1 saturated carbocycles. The second kappa shape index (κ2) is 7.27. The molecular formula is C19H22N2O3S. The van der Waals surface area contributed by atoms with E-state index in [2.05, 4.69) is 17.0 Å². The van der Waals surface area contributed by atoms with E-state index in [0.29, 0.717) is 17.3 Å². The summed E-state index contributed by atoms with van der Waals surface area (Å²) in [6.45, 7) is 2.08. The van der Waals surface area contributed by atoms with Crippen LogP contribution < -0.4 is 10.0 Å². The summed E-state index contributed by atoms with van der Waals surface area (Å²) in [6, 6.07) is 13.7. The number of benzene rings is 2. The molecule has 0 atom stereocenters. The number of hydrogen-bond donors (Lipinski definition) is 2. The average Bonchev–Trinajstić information content (AvgIpc) is 3.40. The highest BCUT2D eigenvalue weighted by Crippen LogP contribution is 2.21. The predicted octanol–water partition coefficient (Wildman–Crippen LogP) is 3.33. The Morgan fingerprint density at radius 1 is 1.04 bits per heavy atom. The summed E-state index contributed by atoms with van der Waals surface area (Å²) in [5.41, 5.74) is 2.08. The maximum Gasteiger partial charge on any atom is 0.261 e. The summed E-state index contributed by atoms with van der Waals surface area (Å²) in [5.74, 6) is -0.122. The molecule has 1 amide bonds. The first kappa shape index (κ1) is 17.5. The SMILES string of the molecule is CCCc1ccc(S(=O)(=O)Nc2ccc(C(=O)NC3CC3)cc2)cc1. The Morgan fingerprint density at radius 2 is 1.68 bits per heavy atom.